The Balaban J connectivity index is 2.30. The highest BCUT2D eigenvalue weighted by Crippen LogP contribution is 2.42. The van der Waals surface area contributed by atoms with Crippen molar-refractivity contribution in [2.45, 2.75) is 50.7 Å². The van der Waals surface area contributed by atoms with E-state index in [4.69, 9.17) is 16.3 Å². The minimum atomic E-state index is -0.710. The second-order valence-corrected chi connectivity index (χ2v) is 5.37. The van der Waals surface area contributed by atoms with Crippen molar-refractivity contribution < 1.29 is 9.84 Å². The molecule has 1 atom stereocenters. The maximum atomic E-state index is 10.7. The minimum absolute atomic E-state index is 0.496. The van der Waals surface area contributed by atoms with Gasteiger partial charge in [-0.25, -0.2) is 0 Å². The number of hydrogen-bond donors (Lipinski definition) is 1. The molecule has 1 aliphatic rings. The Morgan fingerprint density at radius 3 is 2.67 bits per heavy atom. The normalized spacial score (nSPS) is 20.9. The zero-order valence-electron chi connectivity index (χ0n) is 11.0. The van der Waals surface area contributed by atoms with E-state index in [0.717, 1.165) is 25.7 Å². The van der Waals surface area contributed by atoms with Crippen LogP contribution in [0.25, 0.3) is 0 Å². The molecule has 0 radical (unpaired) electrons. The van der Waals surface area contributed by atoms with Crippen LogP contribution in [0.15, 0.2) is 6.20 Å². The van der Waals surface area contributed by atoms with Crippen molar-refractivity contribution in [2.24, 2.45) is 7.05 Å². The predicted octanol–water partition coefficient (Wildman–Crippen LogP) is 2.85. The fraction of sp³-hybridized carbons (Fsp3) is 0.769. The Hall–Kier alpha value is -0.580. The second kappa shape index (κ2) is 5.59. The van der Waals surface area contributed by atoms with Gasteiger partial charge in [0.25, 0.3) is 0 Å². The van der Waals surface area contributed by atoms with Crippen LogP contribution < -0.4 is 0 Å². The molecular formula is C13H21ClN2O2. The van der Waals surface area contributed by atoms with Gasteiger partial charge in [-0.3, -0.25) is 4.68 Å². The molecule has 0 saturated heterocycles. The fourth-order valence-electron chi connectivity index (χ4n) is 2.91. The first kappa shape index (κ1) is 13.8. The molecule has 4 nitrogen and oxygen atoms in total. The lowest BCUT2D eigenvalue weighted by Crippen LogP contribution is -2.42. The zero-order valence-corrected chi connectivity index (χ0v) is 11.8. The van der Waals surface area contributed by atoms with Crippen LogP contribution in [0, 0.1) is 0 Å². The summed E-state index contributed by atoms with van der Waals surface area (Å²) in [5, 5.41) is 15.3. The third kappa shape index (κ3) is 2.42. The van der Waals surface area contributed by atoms with Crippen molar-refractivity contribution in [3.63, 3.8) is 0 Å². The van der Waals surface area contributed by atoms with Crippen LogP contribution in [0.2, 0.25) is 5.02 Å². The van der Waals surface area contributed by atoms with E-state index in [0.29, 0.717) is 17.3 Å². The number of aliphatic hydroxyl groups excluding tert-OH is 1. The number of aryl methyl sites for hydroxylation is 1. The molecule has 0 amide bonds. The summed E-state index contributed by atoms with van der Waals surface area (Å²) in [6.45, 7) is 2.57. The van der Waals surface area contributed by atoms with Gasteiger partial charge in [-0.15, -0.1) is 0 Å². The molecule has 1 heterocycles. The summed E-state index contributed by atoms with van der Waals surface area (Å²) < 4.78 is 7.56. The third-order valence-electron chi connectivity index (χ3n) is 3.83. The first-order valence-corrected chi connectivity index (χ1v) is 6.98. The number of hydrogen-bond acceptors (Lipinski definition) is 3. The first-order chi connectivity index (χ1) is 8.60. The van der Waals surface area contributed by atoms with Gasteiger partial charge in [-0.05, 0) is 19.8 Å². The third-order valence-corrected chi connectivity index (χ3v) is 4.12. The number of ether oxygens (including phenoxy) is 1. The SMILES string of the molecule is CCOC1(C(O)c2c(Cl)cnn2C)CCCCC1. The molecule has 1 aliphatic carbocycles. The molecule has 2 rings (SSSR count). The Labute approximate surface area is 113 Å². The van der Waals surface area contributed by atoms with Crippen LogP contribution in [0.3, 0.4) is 0 Å². The van der Waals surface area contributed by atoms with E-state index in [-0.39, 0.29) is 0 Å². The molecule has 1 aromatic heterocycles. The van der Waals surface area contributed by atoms with E-state index < -0.39 is 11.7 Å². The Morgan fingerprint density at radius 2 is 2.17 bits per heavy atom. The standard InChI is InChI=1S/C13H21ClN2O2/c1-3-18-13(7-5-4-6-8-13)12(17)11-10(14)9-15-16(11)2/h9,12,17H,3-8H2,1-2H3. The van der Waals surface area contributed by atoms with Gasteiger partial charge >= 0.3 is 0 Å². The average Bonchev–Trinajstić information content (AvgIpc) is 2.70. The summed E-state index contributed by atoms with van der Waals surface area (Å²) in [4.78, 5) is 0. The van der Waals surface area contributed by atoms with Crippen LogP contribution in [0.5, 0.6) is 0 Å². The fourth-order valence-corrected chi connectivity index (χ4v) is 3.18. The molecule has 5 heteroatoms. The van der Waals surface area contributed by atoms with Crippen molar-refractivity contribution in [1.82, 2.24) is 9.78 Å². The lowest BCUT2D eigenvalue weighted by molar-refractivity contribution is -0.144. The summed E-state index contributed by atoms with van der Waals surface area (Å²) in [5.41, 5.74) is 0.164. The molecule has 1 N–H and O–H groups in total. The van der Waals surface area contributed by atoms with Gasteiger partial charge in [0.15, 0.2) is 0 Å². The number of aromatic nitrogens is 2. The smallest absolute Gasteiger partial charge is 0.126 e. The Bertz CT molecular complexity index is 375. The van der Waals surface area contributed by atoms with Crippen molar-refractivity contribution in [1.29, 1.82) is 0 Å². The van der Waals surface area contributed by atoms with Crippen LogP contribution in [-0.2, 0) is 11.8 Å². The largest absolute Gasteiger partial charge is 0.384 e. The van der Waals surface area contributed by atoms with Gasteiger partial charge in [-0.1, -0.05) is 30.9 Å². The van der Waals surface area contributed by atoms with E-state index in [1.165, 1.54) is 6.42 Å². The topological polar surface area (TPSA) is 47.3 Å². The van der Waals surface area contributed by atoms with Crippen LogP contribution in [0.4, 0.5) is 0 Å². The molecule has 0 aromatic carbocycles. The quantitative estimate of drug-likeness (QED) is 0.917. The van der Waals surface area contributed by atoms with Crippen molar-refractivity contribution in [2.75, 3.05) is 6.61 Å². The van der Waals surface area contributed by atoms with Gasteiger partial charge < -0.3 is 9.84 Å². The molecule has 0 aliphatic heterocycles. The molecule has 0 bridgehead atoms. The van der Waals surface area contributed by atoms with Gasteiger partial charge in [0.1, 0.15) is 6.10 Å². The van der Waals surface area contributed by atoms with Gasteiger partial charge in [0.05, 0.1) is 22.5 Å². The van der Waals surface area contributed by atoms with Crippen molar-refractivity contribution >= 4 is 11.6 Å². The van der Waals surface area contributed by atoms with Gasteiger partial charge in [-0.2, -0.15) is 5.10 Å². The zero-order chi connectivity index (χ0) is 13.2. The summed E-state index contributed by atoms with van der Waals surface area (Å²) in [6, 6.07) is 0. The number of halogens is 1. The highest BCUT2D eigenvalue weighted by molar-refractivity contribution is 6.31. The Morgan fingerprint density at radius 1 is 1.50 bits per heavy atom. The van der Waals surface area contributed by atoms with Gasteiger partial charge in [0.2, 0.25) is 0 Å². The van der Waals surface area contributed by atoms with Crippen LogP contribution in [-0.4, -0.2) is 27.1 Å². The molecular weight excluding hydrogens is 252 g/mol. The molecule has 18 heavy (non-hydrogen) atoms. The van der Waals surface area contributed by atoms with Crippen LogP contribution >= 0.6 is 11.6 Å². The molecule has 1 fully saturated rings. The average molecular weight is 273 g/mol. The number of nitrogens with zero attached hydrogens (tertiary/aromatic N) is 2. The summed E-state index contributed by atoms with van der Waals surface area (Å²) in [5.74, 6) is 0. The first-order valence-electron chi connectivity index (χ1n) is 6.60. The lowest BCUT2D eigenvalue weighted by Gasteiger charge is -2.40. The molecule has 1 aromatic rings. The molecule has 102 valence electrons. The highest BCUT2D eigenvalue weighted by atomic mass is 35.5. The summed E-state index contributed by atoms with van der Waals surface area (Å²) >= 11 is 6.12. The number of aliphatic hydroxyl groups is 1. The maximum Gasteiger partial charge on any atom is 0.126 e. The van der Waals surface area contributed by atoms with E-state index in [2.05, 4.69) is 5.10 Å². The molecule has 0 spiro atoms. The summed E-state index contributed by atoms with van der Waals surface area (Å²) in [7, 11) is 1.80. The molecule has 1 saturated carbocycles. The van der Waals surface area contributed by atoms with E-state index >= 15 is 0 Å². The highest BCUT2D eigenvalue weighted by Gasteiger charge is 2.42. The predicted molar refractivity (Wildman–Crippen MR) is 70.6 cm³/mol. The van der Waals surface area contributed by atoms with Crippen molar-refractivity contribution in [3.8, 4) is 0 Å². The van der Waals surface area contributed by atoms with Gasteiger partial charge in [0, 0.05) is 13.7 Å². The van der Waals surface area contributed by atoms with E-state index in [1.54, 1.807) is 17.9 Å². The lowest BCUT2D eigenvalue weighted by atomic mass is 9.79. The van der Waals surface area contributed by atoms with Crippen LogP contribution in [0.1, 0.15) is 50.8 Å². The molecule has 1 unspecified atom stereocenters. The number of rotatable bonds is 4. The maximum absolute atomic E-state index is 10.7. The monoisotopic (exact) mass is 272 g/mol. The van der Waals surface area contributed by atoms with E-state index in [1.807, 2.05) is 6.92 Å². The minimum Gasteiger partial charge on any atom is -0.384 e. The Kier molecular flexibility index (Phi) is 4.30. The van der Waals surface area contributed by atoms with Crippen molar-refractivity contribution in [3.05, 3.63) is 16.9 Å². The summed E-state index contributed by atoms with van der Waals surface area (Å²) in [6.07, 6.45) is 6.01. The van der Waals surface area contributed by atoms with E-state index in [9.17, 15) is 5.11 Å². The second-order valence-electron chi connectivity index (χ2n) is 4.96.